The van der Waals surface area contributed by atoms with E-state index in [2.05, 4.69) is 9.80 Å². The summed E-state index contributed by atoms with van der Waals surface area (Å²) in [4.78, 5) is 18.4. The Morgan fingerprint density at radius 1 is 0.821 bits per heavy atom. The molecule has 0 bridgehead atoms. The van der Waals surface area contributed by atoms with Gasteiger partial charge >= 0.3 is 0 Å². The molecule has 0 radical (unpaired) electrons. The van der Waals surface area contributed by atoms with Crippen LogP contribution in [-0.4, -0.2) is 66.9 Å². The van der Waals surface area contributed by atoms with Gasteiger partial charge in [-0.3, -0.25) is 14.6 Å². The van der Waals surface area contributed by atoms with E-state index in [9.17, 15) is 13.6 Å². The van der Waals surface area contributed by atoms with Crippen molar-refractivity contribution in [3.8, 4) is 0 Å². The zero-order valence-corrected chi connectivity index (χ0v) is 16.6. The van der Waals surface area contributed by atoms with Crippen molar-refractivity contribution in [3.63, 3.8) is 0 Å². The molecule has 2 aromatic rings. The van der Waals surface area contributed by atoms with E-state index in [1.165, 1.54) is 24.3 Å². The maximum absolute atomic E-state index is 13.4. The summed E-state index contributed by atoms with van der Waals surface area (Å²) in [5.41, 5.74) is 1.94. The summed E-state index contributed by atoms with van der Waals surface area (Å²) in [7, 11) is 3.54. The third-order valence-electron chi connectivity index (χ3n) is 5.43. The van der Waals surface area contributed by atoms with Gasteiger partial charge in [-0.25, -0.2) is 8.78 Å². The lowest BCUT2D eigenvalue weighted by Gasteiger charge is -2.41. The van der Waals surface area contributed by atoms with E-state index < -0.39 is 0 Å². The molecule has 0 spiro atoms. The number of amides is 1. The second kappa shape index (κ2) is 8.80. The molecule has 0 unspecified atom stereocenters. The topological polar surface area (TPSA) is 26.8 Å². The maximum Gasteiger partial charge on any atom is 0.239 e. The summed E-state index contributed by atoms with van der Waals surface area (Å²) >= 11 is 0. The maximum atomic E-state index is 13.4. The van der Waals surface area contributed by atoms with Crippen LogP contribution in [0.15, 0.2) is 48.5 Å². The molecule has 2 aromatic carbocycles. The molecule has 1 amide bonds. The number of carbonyl (C=O) groups excluding carboxylic acids is 1. The quantitative estimate of drug-likeness (QED) is 0.789. The van der Waals surface area contributed by atoms with Crippen LogP contribution in [0.2, 0.25) is 0 Å². The Balaban J connectivity index is 1.79. The molecule has 150 valence electrons. The SMILES string of the molecule is C[C@H](C(=O)N(C)C)N1CCN(C(c2ccc(F)cc2)c2ccc(F)cc2)CC1. The van der Waals surface area contributed by atoms with Crippen molar-refractivity contribution in [1.29, 1.82) is 0 Å². The van der Waals surface area contributed by atoms with Crippen LogP contribution < -0.4 is 0 Å². The molecule has 0 N–H and O–H groups in total. The molecule has 1 atom stereocenters. The molecule has 1 saturated heterocycles. The number of carbonyl (C=O) groups is 1. The Bertz CT molecular complexity index is 739. The van der Waals surface area contributed by atoms with Crippen LogP contribution in [0.25, 0.3) is 0 Å². The summed E-state index contributed by atoms with van der Waals surface area (Å²) in [5.74, 6) is -0.452. The van der Waals surface area contributed by atoms with Gasteiger partial charge < -0.3 is 4.90 Å². The number of likely N-dealkylation sites (N-methyl/N-ethyl adjacent to an activating group) is 1. The van der Waals surface area contributed by atoms with Crippen molar-refractivity contribution in [2.24, 2.45) is 0 Å². The third-order valence-corrected chi connectivity index (χ3v) is 5.43. The van der Waals surface area contributed by atoms with Gasteiger partial charge in [0.2, 0.25) is 5.91 Å². The van der Waals surface area contributed by atoms with Crippen molar-refractivity contribution in [3.05, 3.63) is 71.3 Å². The van der Waals surface area contributed by atoms with E-state index >= 15 is 0 Å². The van der Waals surface area contributed by atoms with Crippen LogP contribution in [0, 0.1) is 11.6 Å². The lowest BCUT2D eigenvalue weighted by molar-refractivity contribution is -0.134. The molecular weight excluding hydrogens is 360 g/mol. The first-order chi connectivity index (χ1) is 13.4. The standard InChI is InChI=1S/C22H27F2N3O/c1-16(22(28)25(2)3)26-12-14-27(15-13-26)21(17-4-8-19(23)9-5-17)18-6-10-20(24)11-7-18/h4-11,16,21H,12-15H2,1-3H3/t16-/m1/s1. The Morgan fingerprint density at radius 3 is 1.61 bits per heavy atom. The number of halogens is 2. The minimum absolute atomic E-state index is 0.0804. The third kappa shape index (κ3) is 4.56. The van der Waals surface area contributed by atoms with Crippen molar-refractivity contribution >= 4 is 5.91 Å². The lowest BCUT2D eigenvalue weighted by Crippen LogP contribution is -2.54. The minimum atomic E-state index is -0.276. The first-order valence-corrected chi connectivity index (χ1v) is 9.57. The molecule has 1 heterocycles. The average Bonchev–Trinajstić information content (AvgIpc) is 2.70. The molecule has 0 aliphatic carbocycles. The highest BCUT2D eigenvalue weighted by molar-refractivity contribution is 5.80. The van der Waals surface area contributed by atoms with Crippen molar-refractivity contribution in [1.82, 2.24) is 14.7 Å². The molecule has 4 nitrogen and oxygen atoms in total. The fourth-order valence-corrected chi connectivity index (χ4v) is 3.82. The van der Waals surface area contributed by atoms with E-state index in [4.69, 9.17) is 0 Å². The predicted molar refractivity (Wildman–Crippen MR) is 106 cm³/mol. The normalized spacial score (nSPS) is 16.9. The first kappa shape index (κ1) is 20.4. The van der Waals surface area contributed by atoms with E-state index in [1.807, 2.05) is 6.92 Å². The van der Waals surface area contributed by atoms with Crippen LogP contribution >= 0.6 is 0 Å². The number of hydrogen-bond acceptors (Lipinski definition) is 3. The monoisotopic (exact) mass is 387 g/mol. The molecule has 6 heteroatoms. The second-order valence-electron chi connectivity index (χ2n) is 7.49. The number of piperazine rings is 1. The minimum Gasteiger partial charge on any atom is -0.347 e. The Labute approximate surface area is 165 Å². The molecule has 1 aliphatic rings. The largest absolute Gasteiger partial charge is 0.347 e. The average molecular weight is 387 g/mol. The summed E-state index contributed by atoms with van der Waals surface area (Å²) in [5, 5.41) is 0. The Morgan fingerprint density at radius 2 is 1.21 bits per heavy atom. The van der Waals surface area contributed by atoms with Crippen molar-refractivity contribution < 1.29 is 13.6 Å². The fourth-order valence-electron chi connectivity index (χ4n) is 3.82. The molecule has 1 aliphatic heterocycles. The van der Waals surface area contributed by atoms with Gasteiger partial charge in [-0.1, -0.05) is 24.3 Å². The van der Waals surface area contributed by atoms with Crippen LogP contribution in [0.4, 0.5) is 8.78 Å². The lowest BCUT2D eigenvalue weighted by atomic mass is 9.96. The number of benzene rings is 2. The highest BCUT2D eigenvalue weighted by Gasteiger charge is 2.30. The van der Waals surface area contributed by atoms with Gasteiger partial charge in [-0.2, -0.15) is 0 Å². The van der Waals surface area contributed by atoms with Crippen LogP contribution in [-0.2, 0) is 4.79 Å². The van der Waals surface area contributed by atoms with Crippen LogP contribution in [0.1, 0.15) is 24.1 Å². The number of nitrogens with zero attached hydrogens (tertiary/aromatic N) is 3. The highest BCUT2D eigenvalue weighted by Crippen LogP contribution is 2.30. The summed E-state index contributed by atoms with van der Waals surface area (Å²) in [6.45, 7) is 5.00. The molecule has 1 fully saturated rings. The Kier molecular flexibility index (Phi) is 6.42. The van der Waals surface area contributed by atoms with E-state index in [0.717, 1.165) is 37.3 Å². The molecule has 0 saturated carbocycles. The van der Waals surface area contributed by atoms with Gasteiger partial charge in [0.05, 0.1) is 12.1 Å². The zero-order chi connectivity index (χ0) is 20.3. The van der Waals surface area contributed by atoms with Gasteiger partial charge in [-0.15, -0.1) is 0 Å². The van der Waals surface area contributed by atoms with Crippen LogP contribution in [0.5, 0.6) is 0 Å². The van der Waals surface area contributed by atoms with E-state index in [-0.39, 0.29) is 29.6 Å². The summed E-state index contributed by atoms with van der Waals surface area (Å²) in [6, 6.07) is 12.7. The second-order valence-corrected chi connectivity index (χ2v) is 7.49. The van der Waals surface area contributed by atoms with Crippen LogP contribution in [0.3, 0.4) is 0 Å². The molecule has 3 rings (SSSR count). The van der Waals surface area contributed by atoms with E-state index in [1.54, 1.807) is 43.3 Å². The molecule has 0 aromatic heterocycles. The van der Waals surface area contributed by atoms with Gasteiger partial charge in [0.15, 0.2) is 0 Å². The smallest absolute Gasteiger partial charge is 0.239 e. The highest BCUT2D eigenvalue weighted by atomic mass is 19.1. The number of hydrogen-bond donors (Lipinski definition) is 0. The van der Waals surface area contributed by atoms with E-state index in [0.29, 0.717) is 0 Å². The predicted octanol–water partition coefficient (Wildman–Crippen LogP) is 3.15. The van der Waals surface area contributed by atoms with Gasteiger partial charge in [0.25, 0.3) is 0 Å². The number of rotatable bonds is 5. The zero-order valence-electron chi connectivity index (χ0n) is 16.6. The molecule has 28 heavy (non-hydrogen) atoms. The van der Waals surface area contributed by atoms with Crippen molar-refractivity contribution in [2.75, 3.05) is 40.3 Å². The molecular formula is C22H27F2N3O. The van der Waals surface area contributed by atoms with Crippen molar-refractivity contribution in [2.45, 2.75) is 19.0 Å². The summed E-state index contributed by atoms with van der Waals surface area (Å²) < 4.78 is 26.8. The van der Waals surface area contributed by atoms with Gasteiger partial charge in [-0.05, 0) is 42.3 Å². The Hall–Kier alpha value is -2.31. The first-order valence-electron chi connectivity index (χ1n) is 9.57. The fraction of sp³-hybridized carbons (Fsp3) is 0.409. The van der Waals surface area contributed by atoms with Gasteiger partial charge in [0.1, 0.15) is 11.6 Å². The summed E-state index contributed by atoms with van der Waals surface area (Å²) in [6.07, 6.45) is 0. The van der Waals surface area contributed by atoms with Gasteiger partial charge in [0, 0.05) is 40.3 Å².